The smallest absolute Gasteiger partial charge is 0.408 e. The van der Waals surface area contributed by atoms with E-state index in [0.717, 1.165) is 10.6 Å². The van der Waals surface area contributed by atoms with Crippen molar-refractivity contribution in [1.82, 2.24) is 5.32 Å². The zero-order valence-corrected chi connectivity index (χ0v) is 18.5. The van der Waals surface area contributed by atoms with Crippen molar-refractivity contribution < 1.29 is 22.5 Å². The van der Waals surface area contributed by atoms with E-state index in [0.29, 0.717) is 6.42 Å². The number of fused-ring (bicyclic) bond motifs is 1. The molecule has 2 aliphatic rings. The molecule has 0 radical (unpaired) electrons. The highest BCUT2D eigenvalue weighted by atomic mass is 32.2. The van der Waals surface area contributed by atoms with E-state index in [2.05, 4.69) is 11.4 Å². The molecule has 0 saturated heterocycles. The topological polar surface area (TPSA) is 117 Å². The quantitative estimate of drug-likeness (QED) is 0.571. The molecule has 30 heavy (non-hydrogen) atoms. The van der Waals surface area contributed by atoms with Crippen LogP contribution < -0.4 is 10.0 Å². The molecule has 0 saturated carbocycles. The van der Waals surface area contributed by atoms with Crippen molar-refractivity contribution in [2.24, 2.45) is 4.99 Å². The van der Waals surface area contributed by atoms with Crippen LogP contribution >= 0.6 is 11.8 Å². The van der Waals surface area contributed by atoms with E-state index in [4.69, 9.17) is 14.3 Å². The van der Waals surface area contributed by atoms with Gasteiger partial charge in [0.15, 0.2) is 0 Å². The summed E-state index contributed by atoms with van der Waals surface area (Å²) in [7, 11) is -4.33. The SMILES string of the molecule is CC(C)(C)OC(=O)N[C@@H](Cc1ccc(NS(=O)(=O)O)cc1)C1=NC2C=CC=CC2S1. The van der Waals surface area contributed by atoms with Crippen LogP contribution in [0.15, 0.2) is 53.6 Å². The maximum Gasteiger partial charge on any atom is 0.408 e. The molecule has 0 fully saturated rings. The van der Waals surface area contributed by atoms with E-state index in [1.807, 2.05) is 23.0 Å². The number of thioether (sulfide) groups is 1. The third-order valence-corrected chi connectivity index (χ3v) is 6.05. The zero-order chi connectivity index (χ0) is 21.9. The Bertz CT molecular complexity index is 979. The minimum absolute atomic E-state index is 0.0410. The number of ether oxygens (including phenoxy) is 1. The Balaban J connectivity index is 1.76. The van der Waals surface area contributed by atoms with Crippen molar-refractivity contribution >= 4 is 38.9 Å². The minimum Gasteiger partial charge on any atom is -0.444 e. The van der Waals surface area contributed by atoms with Crippen molar-refractivity contribution in [1.29, 1.82) is 0 Å². The lowest BCUT2D eigenvalue weighted by atomic mass is 10.1. The Morgan fingerprint density at radius 2 is 1.90 bits per heavy atom. The number of nitrogens with one attached hydrogen (secondary N) is 2. The molecule has 0 bridgehead atoms. The summed E-state index contributed by atoms with van der Waals surface area (Å²) in [5.41, 5.74) is 0.481. The Hall–Kier alpha value is -2.30. The van der Waals surface area contributed by atoms with Crippen molar-refractivity contribution in [3.8, 4) is 0 Å². The third kappa shape index (κ3) is 6.61. The van der Waals surface area contributed by atoms with Gasteiger partial charge in [-0.2, -0.15) is 8.42 Å². The normalized spacial score (nSPS) is 21.5. The molecule has 1 heterocycles. The van der Waals surface area contributed by atoms with Gasteiger partial charge in [0.2, 0.25) is 0 Å². The number of carbonyl (C=O) groups excluding carboxylic acids is 1. The van der Waals surface area contributed by atoms with Crippen LogP contribution in [0.4, 0.5) is 10.5 Å². The number of rotatable bonds is 6. The maximum atomic E-state index is 12.4. The molecule has 0 aromatic heterocycles. The Morgan fingerprint density at radius 1 is 1.23 bits per heavy atom. The van der Waals surface area contributed by atoms with Crippen LogP contribution in [0.5, 0.6) is 0 Å². The summed E-state index contributed by atoms with van der Waals surface area (Å²) < 4.78 is 38.2. The van der Waals surface area contributed by atoms with E-state index in [1.54, 1.807) is 56.8 Å². The minimum atomic E-state index is -4.33. The van der Waals surface area contributed by atoms with Gasteiger partial charge in [0, 0.05) is 0 Å². The molecule has 1 aliphatic carbocycles. The number of hydrogen-bond acceptors (Lipinski definition) is 6. The van der Waals surface area contributed by atoms with Crippen LogP contribution in [0, 0.1) is 0 Å². The van der Waals surface area contributed by atoms with Crippen LogP contribution in [0.2, 0.25) is 0 Å². The molecule has 10 heteroatoms. The molecule has 1 aromatic rings. The Morgan fingerprint density at radius 3 is 2.50 bits per heavy atom. The number of benzene rings is 1. The van der Waals surface area contributed by atoms with Crippen LogP contribution in [0.1, 0.15) is 26.3 Å². The van der Waals surface area contributed by atoms with Gasteiger partial charge in [0.05, 0.1) is 28.1 Å². The molecule has 0 spiro atoms. The number of carbonyl (C=O) groups is 1. The van der Waals surface area contributed by atoms with Gasteiger partial charge in [-0.05, 0) is 44.9 Å². The molecule has 1 aliphatic heterocycles. The summed E-state index contributed by atoms with van der Waals surface area (Å²) in [5, 5.41) is 3.93. The van der Waals surface area contributed by atoms with Crippen LogP contribution in [-0.2, 0) is 21.5 Å². The molecule has 8 nitrogen and oxygen atoms in total. The first-order valence-electron chi connectivity index (χ1n) is 9.41. The van der Waals surface area contributed by atoms with Gasteiger partial charge < -0.3 is 10.1 Å². The van der Waals surface area contributed by atoms with Gasteiger partial charge in [0.25, 0.3) is 0 Å². The first-order valence-corrected chi connectivity index (χ1v) is 11.7. The summed E-state index contributed by atoms with van der Waals surface area (Å²) in [6.45, 7) is 5.40. The van der Waals surface area contributed by atoms with Gasteiger partial charge >= 0.3 is 16.4 Å². The zero-order valence-electron chi connectivity index (χ0n) is 16.9. The first-order chi connectivity index (χ1) is 14.0. The second-order valence-electron chi connectivity index (χ2n) is 7.99. The van der Waals surface area contributed by atoms with E-state index in [-0.39, 0.29) is 17.0 Å². The molecule has 1 aromatic carbocycles. The van der Waals surface area contributed by atoms with Crippen LogP contribution in [-0.4, -0.2) is 47.0 Å². The molecule has 3 N–H and O–H groups in total. The predicted octanol–water partition coefficient (Wildman–Crippen LogP) is 3.35. The number of allylic oxidation sites excluding steroid dienone is 2. The fraction of sp³-hybridized carbons (Fsp3) is 0.400. The number of aliphatic imine (C=N–C) groups is 1. The molecule has 3 rings (SSSR count). The van der Waals surface area contributed by atoms with Gasteiger partial charge in [-0.25, -0.2) is 4.79 Å². The largest absolute Gasteiger partial charge is 0.444 e. The lowest BCUT2D eigenvalue weighted by molar-refractivity contribution is 0.0518. The first kappa shape index (κ1) is 22.4. The summed E-state index contributed by atoms with van der Waals surface area (Å²) in [4.78, 5) is 17.2. The Labute approximate surface area is 180 Å². The highest BCUT2D eigenvalue weighted by Crippen LogP contribution is 2.33. The van der Waals surface area contributed by atoms with Gasteiger partial charge in [-0.3, -0.25) is 14.3 Å². The van der Waals surface area contributed by atoms with E-state index >= 15 is 0 Å². The van der Waals surface area contributed by atoms with E-state index in [9.17, 15) is 13.2 Å². The summed E-state index contributed by atoms with van der Waals surface area (Å²) in [6.07, 6.45) is 8.00. The lowest BCUT2D eigenvalue weighted by Crippen LogP contribution is -2.43. The van der Waals surface area contributed by atoms with Crippen molar-refractivity contribution in [2.45, 2.75) is 50.1 Å². The van der Waals surface area contributed by atoms with Crippen molar-refractivity contribution in [3.05, 3.63) is 54.1 Å². The molecule has 162 valence electrons. The number of hydrogen-bond donors (Lipinski definition) is 3. The highest BCUT2D eigenvalue weighted by Gasteiger charge is 2.33. The number of anilines is 1. The van der Waals surface area contributed by atoms with Crippen molar-refractivity contribution in [2.75, 3.05) is 4.72 Å². The summed E-state index contributed by atoms with van der Waals surface area (Å²) >= 11 is 1.61. The standard InChI is InChI=1S/C20H25N3O5S2/c1-20(2,3)28-19(24)22-16(18-21-15-6-4-5-7-17(15)29-18)12-13-8-10-14(11-9-13)23-30(25,26)27/h4-11,15-17,23H,12H2,1-3H3,(H,22,24)(H,25,26,27)/t15?,16-,17?/m0/s1. The summed E-state index contributed by atoms with van der Waals surface area (Å²) in [6, 6.07) is 6.19. The Kier molecular flexibility index (Phi) is 6.59. The van der Waals surface area contributed by atoms with Gasteiger partial charge in [-0.1, -0.05) is 48.2 Å². The lowest BCUT2D eigenvalue weighted by Gasteiger charge is -2.24. The fourth-order valence-corrected chi connectivity index (χ4v) is 4.69. The third-order valence-electron chi connectivity index (χ3n) is 4.22. The number of amides is 1. The highest BCUT2D eigenvalue weighted by molar-refractivity contribution is 8.15. The van der Waals surface area contributed by atoms with Crippen LogP contribution in [0.3, 0.4) is 0 Å². The average molecular weight is 452 g/mol. The fourth-order valence-electron chi connectivity index (χ4n) is 3.03. The molecule has 1 amide bonds. The van der Waals surface area contributed by atoms with Crippen molar-refractivity contribution in [3.63, 3.8) is 0 Å². The molecule has 3 atom stereocenters. The second kappa shape index (κ2) is 8.83. The van der Waals surface area contributed by atoms with Crippen LogP contribution in [0.25, 0.3) is 0 Å². The average Bonchev–Trinajstić information content (AvgIpc) is 3.04. The second-order valence-corrected chi connectivity index (χ2v) is 10.3. The number of alkyl carbamates (subject to hydrolysis) is 1. The molecular weight excluding hydrogens is 426 g/mol. The van der Waals surface area contributed by atoms with E-state index in [1.165, 1.54) is 0 Å². The molecular formula is C20H25N3O5S2. The monoisotopic (exact) mass is 451 g/mol. The maximum absolute atomic E-state index is 12.4. The number of nitrogens with zero attached hydrogens (tertiary/aromatic N) is 1. The summed E-state index contributed by atoms with van der Waals surface area (Å²) in [5.74, 6) is 0. The predicted molar refractivity (Wildman–Crippen MR) is 119 cm³/mol. The molecule has 2 unspecified atom stereocenters. The van der Waals surface area contributed by atoms with Gasteiger partial charge in [-0.15, -0.1) is 0 Å². The van der Waals surface area contributed by atoms with E-state index < -0.39 is 28.0 Å². The van der Waals surface area contributed by atoms with Gasteiger partial charge in [0.1, 0.15) is 5.60 Å².